The van der Waals surface area contributed by atoms with Gasteiger partial charge in [-0.1, -0.05) is 0 Å². The van der Waals surface area contributed by atoms with Crippen LogP contribution in [0.3, 0.4) is 0 Å². The fourth-order valence-corrected chi connectivity index (χ4v) is 2.15. The van der Waals surface area contributed by atoms with Gasteiger partial charge in [-0.3, -0.25) is 0 Å². The maximum atomic E-state index is 5.73. The fraction of sp³-hybridized carbons (Fsp3) is 0.417. The predicted octanol–water partition coefficient (Wildman–Crippen LogP) is 2.16. The Morgan fingerprint density at radius 1 is 1.44 bits per heavy atom. The summed E-state index contributed by atoms with van der Waals surface area (Å²) in [4.78, 5) is 4.56. The highest BCUT2D eigenvalue weighted by Gasteiger charge is 2.18. The van der Waals surface area contributed by atoms with Crippen LogP contribution in [0.5, 0.6) is 0 Å². The largest absolute Gasteiger partial charge is 0.399 e. The van der Waals surface area contributed by atoms with Crippen molar-refractivity contribution in [2.24, 2.45) is 0 Å². The third kappa shape index (κ3) is 1.65. The highest BCUT2D eigenvalue weighted by molar-refractivity contribution is 5.52. The molecule has 0 amide bonds. The van der Waals surface area contributed by atoms with Crippen LogP contribution in [0, 0.1) is 0 Å². The quantitative estimate of drug-likeness (QED) is 0.796. The van der Waals surface area contributed by atoms with Crippen LogP contribution in [-0.2, 0) is 4.74 Å². The number of fused-ring (bicyclic) bond motifs is 1. The Bertz CT molecular complexity index is 500. The summed E-state index contributed by atoms with van der Waals surface area (Å²) in [6, 6.07) is 3.76. The average molecular weight is 217 g/mol. The summed E-state index contributed by atoms with van der Waals surface area (Å²) in [5.41, 5.74) is 8.38. The molecule has 1 atom stereocenters. The van der Waals surface area contributed by atoms with E-state index in [0.717, 1.165) is 36.5 Å². The van der Waals surface area contributed by atoms with Gasteiger partial charge in [0.2, 0.25) is 0 Å². The van der Waals surface area contributed by atoms with Gasteiger partial charge in [-0.25, -0.2) is 4.98 Å². The molecule has 2 aromatic rings. The number of rotatable bonds is 1. The number of anilines is 1. The summed E-state index contributed by atoms with van der Waals surface area (Å²) >= 11 is 0. The first-order chi connectivity index (χ1) is 7.83. The molecule has 3 heterocycles. The summed E-state index contributed by atoms with van der Waals surface area (Å²) in [7, 11) is 0. The fourth-order valence-electron chi connectivity index (χ4n) is 2.15. The SMILES string of the molecule is Nc1ccn2cc(C3CCCCO3)nc2c1. The molecular weight excluding hydrogens is 202 g/mol. The van der Waals surface area contributed by atoms with Crippen LogP contribution in [0.2, 0.25) is 0 Å². The van der Waals surface area contributed by atoms with Crippen LogP contribution >= 0.6 is 0 Å². The third-order valence-corrected chi connectivity index (χ3v) is 3.01. The number of nitrogens with two attached hydrogens (primary N) is 1. The standard InChI is InChI=1S/C12H15N3O/c13-9-4-5-15-8-10(14-12(15)7-9)11-3-1-2-6-16-11/h4-5,7-8,11H,1-3,6,13H2. The van der Waals surface area contributed by atoms with Crippen LogP contribution in [0.1, 0.15) is 31.1 Å². The minimum atomic E-state index is 0.162. The lowest BCUT2D eigenvalue weighted by Gasteiger charge is -2.20. The molecule has 1 saturated heterocycles. The molecular formula is C12H15N3O. The summed E-state index contributed by atoms with van der Waals surface area (Å²) in [5, 5.41) is 0. The van der Waals surface area contributed by atoms with Gasteiger partial charge in [0.05, 0.1) is 5.69 Å². The van der Waals surface area contributed by atoms with E-state index in [0.29, 0.717) is 0 Å². The van der Waals surface area contributed by atoms with Crippen molar-refractivity contribution in [3.63, 3.8) is 0 Å². The molecule has 0 aliphatic carbocycles. The lowest BCUT2D eigenvalue weighted by Crippen LogP contribution is -2.11. The minimum absolute atomic E-state index is 0.162. The van der Waals surface area contributed by atoms with Gasteiger partial charge in [0.25, 0.3) is 0 Å². The van der Waals surface area contributed by atoms with Crippen molar-refractivity contribution in [3.05, 3.63) is 30.2 Å². The number of hydrogen-bond donors (Lipinski definition) is 1. The van der Waals surface area contributed by atoms with Gasteiger partial charge in [-0.15, -0.1) is 0 Å². The number of pyridine rings is 1. The van der Waals surface area contributed by atoms with E-state index in [1.807, 2.05) is 28.9 Å². The van der Waals surface area contributed by atoms with Crippen LogP contribution in [0.4, 0.5) is 5.69 Å². The van der Waals surface area contributed by atoms with Crippen LogP contribution in [-0.4, -0.2) is 16.0 Å². The normalized spacial score (nSPS) is 21.4. The second-order valence-electron chi connectivity index (χ2n) is 4.25. The molecule has 0 aromatic carbocycles. The van der Waals surface area contributed by atoms with E-state index in [2.05, 4.69) is 4.98 Å². The van der Waals surface area contributed by atoms with Crippen molar-refractivity contribution < 1.29 is 4.74 Å². The second kappa shape index (κ2) is 3.79. The Morgan fingerprint density at radius 2 is 2.38 bits per heavy atom. The van der Waals surface area contributed by atoms with Crippen LogP contribution in [0.15, 0.2) is 24.5 Å². The first kappa shape index (κ1) is 9.66. The minimum Gasteiger partial charge on any atom is -0.399 e. The third-order valence-electron chi connectivity index (χ3n) is 3.01. The van der Waals surface area contributed by atoms with Gasteiger partial charge in [0, 0.05) is 30.8 Å². The molecule has 1 fully saturated rings. The Morgan fingerprint density at radius 3 is 3.19 bits per heavy atom. The van der Waals surface area contributed by atoms with E-state index in [-0.39, 0.29) is 6.10 Å². The van der Waals surface area contributed by atoms with Crippen molar-refractivity contribution in [2.75, 3.05) is 12.3 Å². The van der Waals surface area contributed by atoms with Crippen molar-refractivity contribution in [2.45, 2.75) is 25.4 Å². The zero-order valence-electron chi connectivity index (χ0n) is 9.10. The van der Waals surface area contributed by atoms with E-state index >= 15 is 0 Å². The Balaban J connectivity index is 1.97. The van der Waals surface area contributed by atoms with Gasteiger partial charge in [-0.2, -0.15) is 0 Å². The van der Waals surface area contributed by atoms with Crippen molar-refractivity contribution in [3.8, 4) is 0 Å². The maximum absolute atomic E-state index is 5.73. The van der Waals surface area contributed by atoms with E-state index in [4.69, 9.17) is 10.5 Å². The van der Waals surface area contributed by atoms with E-state index in [1.54, 1.807) is 0 Å². The molecule has 1 aliphatic rings. The number of hydrogen-bond acceptors (Lipinski definition) is 3. The lowest BCUT2D eigenvalue weighted by molar-refractivity contribution is 0.0126. The smallest absolute Gasteiger partial charge is 0.139 e. The molecule has 0 spiro atoms. The zero-order valence-corrected chi connectivity index (χ0v) is 9.10. The number of nitrogen functional groups attached to an aromatic ring is 1. The van der Waals surface area contributed by atoms with Crippen molar-refractivity contribution in [1.29, 1.82) is 0 Å². The number of imidazole rings is 1. The molecule has 3 rings (SSSR count). The molecule has 0 saturated carbocycles. The van der Waals surface area contributed by atoms with Crippen LogP contribution in [0.25, 0.3) is 5.65 Å². The highest BCUT2D eigenvalue weighted by atomic mass is 16.5. The molecule has 4 nitrogen and oxygen atoms in total. The van der Waals surface area contributed by atoms with Gasteiger partial charge < -0.3 is 14.9 Å². The molecule has 0 bridgehead atoms. The number of nitrogens with zero attached hydrogens (tertiary/aromatic N) is 2. The lowest BCUT2D eigenvalue weighted by atomic mass is 10.1. The molecule has 4 heteroatoms. The second-order valence-corrected chi connectivity index (χ2v) is 4.25. The summed E-state index contributed by atoms with van der Waals surface area (Å²) < 4.78 is 7.71. The summed E-state index contributed by atoms with van der Waals surface area (Å²) in [6.07, 6.45) is 7.58. The first-order valence-corrected chi connectivity index (χ1v) is 5.69. The van der Waals surface area contributed by atoms with Crippen molar-refractivity contribution >= 4 is 11.3 Å². The van der Waals surface area contributed by atoms with Crippen molar-refractivity contribution in [1.82, 2.24) is 9.38 Å². The number of ether oxygens (including phenoxy) is 1. The molecule has 84 valence electrons. The molecule has 1 unspecified atom stereocenters. The van der Waals surface area contributed by atoms with E-state index in [1.165, 1.54) is 6.42 Å². The zero-order chi connectivity index (χ0) is 11.0. The van der Waals surface area contributed by atoms with E-state index in [9.17, 15) is 0 Å². The van der Waals surface area contributed by atoms with Gasteiger partial charge in [-0.05, 0) is 25.3 Å². The summed E-state index contributed by atoms with van der Waals surface area (Å²) in [6.45, 7) is 0.848. The first-order valence-electron chi connectivity index (χ1n) is 5.69. The monoisotopic (exact) mass is 217 g/mol. The molecule has 16 heavy (non-hydrogen) atoms. The molecule has 2 aromatic heterocycles. The number of aromatic nitrogens is 2. The average Bonchev–Trinajstić information content (AvgIpc) is 2.73. The summed E-state index contributed by atoms with van der Waals surface area (Å²) in [5.74, 6) is 0. The maximum Gasteiger partial charge on any atom is 0.139 e. The van der Waals surface area contributed by atoms with Crippen LogP contribution < -0.4 is 5.73 Å². The Kier molecular flexibility index (Phi) is 2.29. The molecule has 0 radical (unpaired) electrons. The molecule has 2 N–H and O–H groups in total. The van der Waals surface area contributed by atoms with Gasteiger partial charge >= 0.3 is 0 Å². The van der Waals surface area contributed by atoms with Gasteiger partial charge in [0.15, 0.2) is 0 Å². The Hall–Kier alpha value is -1.55. The molecule has 1 aliphatic heterocycles. The predicted molar refractivity (Wildman–Crippen MR) is 62.1 cm³/mol. The van der Waals surface area contributed by atoms with Gasteiger partial charge in [0.1, 0.15) is 11.8 Å². The topological polar surface area (TPSA) is 52.5 Å². The highest BCUT2D eigenvalue weighted by Crippen LogP contribution is 2.27. The van der Waals surface area contributed by atoms with E-state index < -0.39 is 0 Å². The Labute approximate surface area is 94.0 Å².